The molecule has 0 saturated heterocycles. The van der Waals surface area contributed by atoms with Gasteiger partial charge in [0.15, 0.2) is 0 Å². The standard InChI is InChI=1S/C12H20O/c1-4-10(3)11-8-6-7-9-12(11,13)5-2/h4-5,11,13H,2,6-9H2,1,3H3/b10-4+/t11-,12-/m0/s1. The molecular formula is C12H20O. The zero-order valence-corrected chi connectivity index (χ0v) is 8.71. The molecule has 1 nitrogen and oxygen atoms in total. The highest BCUT2D eigenvalue weighted by molar-refractivity contribution is 5.15. The molecule has 0 spiro atoms. The Morgan fingerprint density at radius 1 is 1.54 bits per heavy atom. The van der Waals surface area contributed by atoms with Crippen LogP contribution in [0.5, 0.6) is 0 Å². The fourth-order valence-electron chi connectivity index (χ4n) is 2.25. The van der Waals surface area contributed by atoms with Crippen LogP contribution in [-0.4, -0.2) is 10.7 Å². The average molecular weight is 180 g/mol. The van der Waals surface area contributed by atoms with Crippen molar-refractivity contribution in [3.8, 4) is 0 Å². The molecule has 0 unspecified atom stereocenters. The van der Waals surface area contributed by atoms with Crippen LogP contribution < -0.4 is 0 Å². The average Bonchev–Trinajstić information content (AvgIpc) is 2.17. The quantitative estimate of drug-likeness (QED) is 0.647. The molecule has 0 bridgehead atoms. The van der Waals surface area contributed by atoms with Gasteiger partial charge >= 0.3 is 0 Å². The lowest BCUT2D eigenvalue weighted by atomic mass is 9.72. The van der Waals surface area contributed by atoms with Gasteiger partial charge in [-0.15, -0.1) is 6.58 Å². The molecule has 1 aliphatic carbocycles. The summed E-state index contributed by atoms with van der Waals surface area (Å²) in [6, 6.07) is 0. The van der Waals surface area contributed by atoms with E-state index in [9.17, 15) is 5.11 Å². The maximum atomic E-state index is 10.3. The van der Waals surface area contributed by atoms with E-state index in [0.29, 0.717) is 5.92 Å². The summed E-state index contributed by atoms with van der Waals surface area (Å²) in [6.45, 7) is 7.88. The number of aliphatic hydroxyl groups is 1. The van der Waals surface area contributed by atoms with Crippen LogP contribution in [0.3, 0.4) is 0 Å². The van der Waals surface area contributed by atoms with Crippen molar-refractivity contribution in [1.29, 1.82) is 0 Å². The summed E-state index contributed by atoms with van der Waals surface area (Å²) in [6.07, 6.45) is 8.14. The topological polar surface area (TPSA) is 20.2 Å². The van der Waals surface area contributed by atoms with Gasteiger partial charge in [-0.3, -0.25) is 0 Å². The van der Waals surface area contributed by atoms with Crippen LogP contribution in [0.25, 0.3) is 0 Å². The third kappa shape index (κ3) is 2.02. The Balaban J connectivity index is 2.85. The summed E-state index contributed by atoms with van der Waals surface area (Å²) in [5.41, 5.74) is 0.650. The molecule has 1 fully saturated rings. The van der Waals surface area contributed by atoms with Crippen molar-refractivity contribution < 1.29 is 5.11 Å². The fraction of sp³-hybridized carbons (Fsp3) is 0.667. The molecule has 0 aromatic carbocycles. The summed E-state index contributed by atoms with van der Waals surface area (Å²) in [5.74, 6) is 0.295. The van der Waals surface area contributed by atoms with Crippen molar-refractivity contribution in [3.63, 3.8) is 0 Å². The van der Waals surface area contributed by atoms with E-state index in [2.05, 4.69) is 19.6 Å². The molecular weight excluding hydrogens is 160 g/mol. The highest BCUT2D eigenvalue weighted by Gasteiger charge is 2.36. The van der Waals surface area contributed by atoms with Crippen LogP contribution in [0, 0.1) is 5.92 Å². The van der Waals surface area contributed by atoms with Crippen molar-refractivity contribution in [2.45, 2.75) is 45.1 Å². The third-order valence-electron chi connectivity index (χ3n) is 3.28. The van der Waals surface area contributed by atoms with Crippen LogP contribution in [-0.2, 0) is 0 Å². The summed E-state index contributed by atoms with van der Waals surface area (Å²) < 4.78 is 0. The second kappa shape index (κ2) is 4.10. The van der Waals surface area contributed by atoms with Crippen LogP contribution in [0.15, 0.2) is 24.3 Å². The van der Waals surface area contributed by atoms with Crippen LogP contribution >= 0.6 is 0 Å². The summed E-state index contributed by atoms with van der Waals surface area (Å²) in [5, 5.41) is 10.3. The number of rotatable bonds is 2. The maximum Gasteiger partial charge on any atom is 0.0889 e. The zero-order valence-electron chi connectivity index (χ0n) is 8.71. The summed E-state index contributed by atoms with van der Waals surface area (Å²) in [4.78, 5) is 0. The second-order valence-corrected chi connectivity index (χ2v) is 4.03. The molecule has 0 aromatic heterocycles. The van der Waals surface area contributed by atoms with E-state index in [1.807, 2.05) is 6.92 Å². The Bertz CT molecular complexity index is 217. The lowest BCUT2D eigenvalue weighted by Crippen LogP contribution is -2.39. The Morgan fingerprint density at radius 2 is 2.23 bits per heavy atom. The molecule has 0 amide bonds. The molecule has 1 saturated carbocycles. The molecule has 0 aliphatic heterocycles. The minimum absolute atomic E-state index is 0.295. The second-order valence-electron chi connectivity index (χ2n) is 4.03. The van der Waals surface area contributed by atoms with Gasteiger partial charge in [-0.05, 0) is 26.7 Å². The first-order valence-corrected chi connectivity index (χ1v) is 5.13. The Hall–Kier alpha value is -0.560. The molecule has 13 heavy (non-hydrogen) atoms. The Labute approximate surface area is 81.2 Å². The normalized spacial score (nSPS) is 35.9. The fourth-order valence-corrected chi connectivity index (χ4v) is 2.25. The molecule has 1 rings (SSSR count). The van der Waals surface area contributed by atoms with E-state index < -0.39 is 5.60 Å². The van der Waals surface area contributed by atoms with Gasteiger partial charge in [0.25, 0.3) is 0 Å². The lowest BCUT2D eigenvalue weighted by molar-refractivity contribution is 0.0113. The third-order valence-corrected chi connectivity index (χ3v) is 3.28. The minimum atomic E-state index is -0.644. The van der Waals surface area contributed by atoms with Crippen molar-refractivity contribution in [1.82, 2.24) is 0 Å². The van der Waals surface area contributed by atoms with Crippen LogP contribution in [0.1, 0.15) is 39.5 Å². The van der Waals surface area contributed by atoms with E-state index in [1.54, 1.807) is 6.08 Å². The van der Waals surface area contributed by atoms with Gasteiger partial charge in [0, 0.05) is 5.92 Å². The van der Waals surface area contributed by atoms with Crippen molar-refractivity contribution in [2.24, 2.45) is 5.92 Å². The minimum Gasteiger partial charge on any atom is -0.385 e. The SMILES string of the molecule is C=C[C@]1(O)CCCC[C@H]1/C(C)=C/C. The van der Waals surface area contributed by atoms with Crippen LogP contribution in [0.2, 0.25) is 0 Å². The molecule has 0 radical (unpaired) electrons. The zero-order chi connectivity index (χ0) is 9.90. The van der Waals surface area contributed by atoms with Gasteiger partial charge in [-0.2, -0.15) is 0 Å². The van der Waals surface area contributed by atoms with Gasteiger partial charge in [0.05, 0.1) is 5.60 Å². The number of hydrogen-bond donors (Lipinski definition) is 1. The molecule has 1 N–H and O–H groups in total. The van der Waals surface area contributed by atoms with Gasteiger partial charge in [-0.25, -0.2) is 0 Å². The molecule has 0 heterocycles. The molecule has 74 valence electrons. The van der Waals surface area contributed by atoms with E-state index >= 15 is 0 Å². The maximum absolute atomic E-state index is 10.3. The summed E-state index contributed by atoms with van der Waals surface area (Å²) in [7, 11) is 0. The van der Waals surface area contributed by atoms with E-state index in [0.717, 1.165) is 19.3 Å². The first-order chi connectivity index (χ1) is 6.14. The highest BCUT2D eigenvalue weighted by Crippen LogP contribution is 2.38. The first-order valence-electron chi connectivity index (χ1n) is 5.13. The van der Waals surface area contributed by atoms with Gasteiger partial charge < -0.3 is 5.11 Å². The Kier molecular flexibility index (Phi) is 3.32. The molecule has 1 aliphatic rings. The monoisotopic (exact) mass is 180 g/mol. The molecule has 2 atom stereocenters. The lowest BCUT2D eigenvalue weighted by Gasteiger charge is -2.38. The largest absolute Gasteiger partial charge is 0.385 e. The number of hydrogen-bond acceptors (Lipinski definition) is 1. The van der Waals surface area contributed by atoms with Gasteiger partial charge in [-0.1, -0.05) is 30.6 Å². The molecule has 1 heteroatoms. The number of allylic oxidation sites excluding steroid dienone is 1. The van der Waals surface area contributed by atoms with Crippen molar-refractivity contribution >= 4 is 0 Å². The van der Waals surface area contributed by atoms with Gasteiger partial charge in [0.1, 0.15) is 0 Å². The predicted octanol–water partition coefficient (Wildman–Crippen LogP) is 3.06. The van der Waals surface area contributed by atoms with Crippen molar-refractivity contribution in [2.75, 3.05) is 0 Å². The highest BCUT2D eigenvalue weighted by atomic mass is 16.3. The smallest absolute Gasteiger partial charge is 0.0889 e. The van der Waals surface area contributed by atoms with Crippen molar-refractivity contribution in [3.05, 3.63) is 24.3 Å². The first kappa shape index (κ1) is 10.5. The van der Waals surface area contributed by atoms with E-state index in [-0.39, 0.29) is 0 Å². The molecule has 0 aromatic rings. The van der Waals surface area contributed by atoms with Gasteiger partial charge in [0.2, 0.25) is 0 Å². The predicted molar refractivity (Wildman–Crippen MR) is 56.5 cm³/mol. The van der Waals surface area contributed by atoms with E-state index in [1.165, 1.54) is 12.0 Å². The van der Waals surface area contributed by atoms with Crippen LogP contribution in [0.4, 0.5) is 0 Å². The van der Waals surface area contributed by atoms with E-state index in [4.69, 9.17) is 0 Å². The Morgan fingerprint density at radius 3 is 2.77 bits per heavy atom. The summed E-state index contributed by atoms with van der Waals surface area (Å²) >= 11 is 0.